The van der Waals surface area contributed by atoms with Crippen LogP contribution in [0.25, 0.3) is 10.9 Å². The Labute approximate surface area is 163 Å². The molecule has 25 heavy (non-hydrogen) atoms. The summed E-state index contributed by atoms with van der Waals surface area (Å²) in [5.41, 5.74) is 7.68. The lowest BCUT2D eigenvalue weighted by atomic mass is 10.1. The number of rotatable bonds is 7. The minimum Gasteiger partial charge on any atom is -0.386 e. The first-order valence-corrected chi connectivity index (χ1v) is 10.1. The van der Waals surface area contributed by atoms with Gasteiger partial charge in [0.05, 0.1) is 22.1 Å². The number of aliphatic imine (C=N–C) groups is 1. The molecule has 2 N–H and O–H groups in total. The molecule has 0 unspecified atom stereocenters. The number of amidine groups is 1. The molecule has 1 aromatic carbocycles. The summed E-state index contributed by atoms with van der Waals surface area (Å²) in [4.78, 5) is 4.24. The van der Waals surface area contributed by atoms with Gasteiger partial charge in [0.1, 0.15) is 5.84 Å². The van der Waals surface area contributed by atoms with Gasteiger partial charge in [-0.2, -0.15) is 5.10 Å². The minimum absolute atomic E-state index is 0.267. The van der Waals surface area contributed by atoms with Crippen molar-refractivity contribution in [2.24, 2.45) is 16.6 Å². The Morgan fingerprint density at radius 2 is 2.04 bits per heavy atom. The van der Waals surface area contributed by atoms with Crippen LogP contribution in [0, 0.1) is 5.92 Å². The topological polar surface area (TPSA) is 56.2 Å². The second-order valence-electron chi connectivity index (χ2n) is 6.67. The molecule has 0 aliphatic heterocycles. The van der Waals surface area contributed by atoms with Crippen LogP contribution in [-0.2, 0) is 13.0 Å². The molecule has 0 amide bonds. The third kappa shape index (κ3) is 4.60. The van der Waals surface area contributed by atoms with Gasteiger partial charge in [0.2, 0.25) is 0 Å². The molecule has 7 heteroatoms. The molecule has 4 nitrogen and oxygen atoms in total. The van der Waals surface area contributed by atoms with Crippen LogP contribution in [0.15, 0.2) is 17.1 Å². The highest BCUT2D eigenvalue weighted by molar-refractivity contribution is 6.38. The summed E-state index contributed by atoms with van der Waals surface area (Å²) in [6.45, 7) is 1.57. The van der Waals surface area contributed by atoms with Crippen molar-refractivity contribution in [3.05, 3.63) is 27.9 Å². The normalized spacial score (nSPS) is 16.2. The summed E-state index contributed by atoms with van der Waals surface area (Å²) in [7, 11) is 0. The maximum Gasteiger partial charge on any atom is 0.109 e. The zero-order chi connectivity index (χ0) is 17.8. The average molecular weight is 402 g/mol. The molecule has 1 aliphatic rings. The molecule has 1 heterocycles. The predicted octanol–water partition coefficient (Wildman–Crippen LogP) is 5.06. The van der Waals surface area contributed by atoms with Crippen LogP contribution in [0.3, 0.4) is 0 Å². The van der Waals surface area contributed by atoms with Crippen molar-refractivity contribution in [3.63, 3.8) is 0 Å². The molecule has 0 spiro atoms. The van der Waals surface area contributed by atoms with Gasteiger partial charge >= 0.3 is 0 Å². The van der Waals surface area contributed by atoms with E-state index in [-0.39, 0.29) is 5.88 Å². The fourth-order valence-electron chi connectivity index (χ4n) is 3.56. The number of aryl methyl sites for hydroxylation is 1. The van der Waals surface area contributed by atoms with Gasteiger partial charge in [0, 0.05) is 23.5 Å². The van der Waals surface area contributed by atoms with Crippen LogP contribution >= 0.6 is 34.8 Å². The Hall–Kier alpha value is -0.970. The Bertz CT molecular complexity index is 763. The van der Waals surface area contributed by atoms with Gasteiger partial charge in [0.15, 0.2) is 0 Å². The number of benzene rings is 1. The summed E-state index contributed by atoms with van der Waals surface area (Å²) >= 11 is 18.4. The fraction of sp³-hybridized carbons (Fsp3) is 0.556. The molecular formula is C18H23Cl3N4. The second-order valence-corrected chi connectivity index (χ2v) is 7.78. The van der Waals surface area contributed by atoms with Gasteiger partial charge in [-0.05, 0) is 43.7 Å². The zero-order valence-electron chi connectivity index (χ0n) is 14.1. The Kier molecular flexibility index (Phi) is 6.48. The van der Waals surface area contributed by atoms with Gasteiger partial charge in [-0.25, -0.2) is 0 Å². The van der Waals surface area contributed by atoms with Gasteiger partial charge in [-0.15, -0.1) is 11.6 Å². The highest BCUT2D eigenvalue weighted by Crippen LogP contribution is 2.33. The lowest BCUT2D eigenvalue weighted by Crippen LogP contribution is -2.13. The number of fused-ring (bicyclic) bond motifs is 1. The monoisotopic (exact) mass is 400 g/mol. The molecule has 0 atom stereocenters. The molecule has 0 radical (unpaired) electrons. The van der Waals surface area contributed by atoms with Crippen molar-refractivity contribution in [1.82, 2.24) is 9.78 Å². The maximum atomic E-state index is 6.48. The molecule has 1 saturated carbocycles. The van der Waals surface area contributed by atoms with E-state index in [0.717, 1.165) is 36.0 Å². The van der Waals surface area contributed by atoms with Crippen molar-refractivity contribution < 1.29 is 0 Å². The van der Waals surface area contributed by atoms with E-state index in [1.165, 1.54) is 25.7 Å². The van der Waals surface area contributed by atoms with Crippen molar-refractivity contribution in [2.45, 2.75) is 45.1 Å². The van der Waals surface area contributed by atoms with Crippen LogP contribution in [0.5, 0.6) is 0 Å². The highest BCUT2D eigenvalue weighted by Gasteiger charge is 2.20. The lowest BCUT2D eigenvalue weighted by molar-refractivity contribution is 0.435. The van der Waals surface area contributed by atoms with Gasteiger partial charge < -0.3 is 5.73 Å². The van der Waals surface area contributed by atoms with E-state index >= 15 is 0 Å². The van der Waals surface area contributed by atoms with Crippen molar-refractivity contribution in [2.75, 3.05) is 12.4 Å². The van der Waals surface area contributed by atoms with Crippen LogP contribution in [0.1, 0.15) is 37.8 Å². The third-order valence-electron chi connectivity index (χ3n) is 4.77. The minimum atomic E-state index is 0.267. The Morgan fingerprint density at radius 3 is 2.76 bits per heavy atom. The molecule has 0 saturated heterocycles. The second kappa shape index (κ2) is 8.61. The highest BCUT2D eigenvalue weighted by atomic mass is 35.5. The van der Waals surface area contributed by atoms with E-state index in [2.05, 4.69) is 9.67 Å². The molecule has 3 rings (SSSR count). The standard InChI is InChI=1S/C18H23Cl3N4/c19-10-17(22)23-7-3-6-15-18-14(21)8-13(20)9-16(18)25(24-15)11-12-4-1-2-5-12/h8-9,12H,1-7,10-11H2,(H2,22,23). The molecule has 1 aromatic heterocycles. The molecule has 1 aliphatic carbocycles. The fourth-order valence-corrected chi connectivity index (χ4v) is 4.24. The largest absolute Gasteiger partial charge is 0.386 e. The van der Waals surface area contributed by atoms with Crippen molar-refractivity contribution in [1.29, 1.82) is 0 Å². The van der Waals surface area contributed by atoms with Crippen LogP contribution in [-0.4, -0.2) is 28.0 Å². The molecule has 0 bridgehead atoms. The summed E-state index contributed by atoms with van der Waals surface area (Å²) in [5.74, 6) is 1.44. The van der Waals surface area contributed by atoms with E-state index < -0.39 is 0 Å². The van der Waals surface area contributed by atoms with E-state index in [1.807, 2.05) is 6.07 Å². The van der Waals surface area contributed by atoms with Crippen molar-refractivity contribution >= 4 is 51.5 Å². The van der Waals surface area contributed by atoms with Crippen LogP contribution in [0.2, 0.25) is 10.0 Å². The molecular weight excluding hydrogens is 379 g/mol. The first-order valence-electron chi connectivity index (χ1n) is 8.77. The van der Waals surface area contributed by atoms with Crippen molar-refractivity contribution in [3.8, 4) is 0 Å². The van der Waals surface area contributed by atoms with Gasteiger partial charge in [-0.1, -0.05) is 36.0 Å². The third-order valence-corrected chi connectivity index (χ3v) is 5.56. The lowest BCUT2D eigenvalue weighted by Gasteiger charge is -2.10. The summed E-state index contributed by atoms with van der Waals surface area (Å²) in [6.07, 6.45) is 6.84. The number of nitrogens with two attached hydrogens (primary N) is 1. The van der Waals surface area contributed by atoms with Gasteiger partial charge in [-0.3, -0.25) is 9.67 Å². The number of hydrogen-bond donors (Lipinski definition) is 1. The van der Waals surface area contributed by atoms with Gasteiger partial charge in [0.25, 0.3) is 0 Å². The summed E-state index contributed by atoms with van der Waals surface area (Å²) < 4.78 is 2.09. The van der Waals surface area contributed by atoms with E-state index in [9.17, 15) is 0 Å². The summed E-state index contributed by atoms with van der Waals surface area (Å²) in [6, 6.07) is 3.76. The van der Waals surface area contributed by atoms with E-state index in [4.69, 9.17) is 45.6 Å². The first kappa shape index (κ1) is 18.8. The number of hydrogen-bond acceptors (Lipinski definition) is 2. The molecule has 2 aromatic rings. The molecule has 136 valence electrons. The SMILES string of the molecule is NC(CCl)=NCCCc1nn(CC2CCCC2)c2cc(Cl)cc(Cl)c12. The smallest absolute Gasteiger partial charge is 0.109 e. The Morgan fingerprint density at radius 1 is 1.28 bits per heavy atom. The molecule has 1 fully saturated rings. The number of halogens is 3. The number of aromatic nitrogens is 2. The zero-order valence-corrected chi connectivity index (χ0v) is 16.4. The average Bonchev–Trinajstić information content (AvgIpc) is 3.20. The first-order chi connectivity index (χ1) is 12.1. The summed E-state index contributed by atoms with van der Waals surface area (Å²) in [5, 5.41) is 7.19. The predicted molar refractivity (Wildman–Crippen MR) is 107 cm³/mol. The van der Waals surface area contributed by atoms with E-state index in [0.29, 0.717) is 28.3 Å². The number of alkyl halides is 1. The quantitative estimate of drug-likeness (QED) is 0.305. The maximum absolute atomic E-state index is 6.48. The van der Waals surface area contributed by atoms with E-state index in [1.54, 1.807) is 6.07 Å². The van der Waals surface area contributed by atoms with Crippen LogP contribution in [0.4, 0.5) is 0 Å². The Balaban J connectivity index is 1.84. The number of nitrogens with zero attached hydrogens (tertiary/aromatic N) is 3. The van der Waals surface area contributed by atoms with Crippen LogP contribution < -0.4 is 5.73 Å².